The number of methoxy groups -OCH3 is 1. The van der Waals surface area contributed by atoms with Gasteiger partial charge in [0, 0.05) is 35.9 Å². The topological polar surface area (TPSA) is 50.5 Å². The molecule has 20 heavy (non-hydrogen) atoms. The molecular weight excluding hydrogens is 270 g/mol. The van der Waals surface area contributed by atoms with Crippen LogP contribution in [-0.2, 0) is 0 Å². The van der Waals surface area contributed by atoms with E-state index in [0.717, 1.165) is 36.4 Å². The second kappa shape index (κ2) is 6.41. The number of hydrogen-bond acceptors (Lipinski definition) is 4. The van der Waals surface area contributed by atoms with Gasteiger partial charge in [0.2, 0.25) is 0 Å². The Morgan fingerprint density at radius 2 is 2.25 bits per heavy atom. The SMILES string of the molecule is COc1ccc(C(N)=S)c(NC2CCN(C)C(C)C2)c1. The number of ether oxygens (including phenoxy) is 1. The lowest BCUT2D eigenvalue weighted by Gasteiger charge is -2.36. The first-order chi connectivity index (χ1) is 9.51. The minimum absolute atomic E-state index is 0.413. The number of rotatable bonds is 4. The van der Waals surface area contributed by atoms with Crippen LogP contribution >= 0.6 is 12.2 Å². The van der Waals surface area contributed by atoms with Gasteiger partial charge in [0.15, 0.2) is 0 Å². The predicted molar refractivity (Wildman–Crippen MR) is 87.6 cm³/mol. The van der Waals surface area contributed by atoms with Crippen molar-refractivity contribution in [3.8, 4) is 5.75 Å². The molecule has 5 heteroatoms. The minimum Gasteiger partial charge on any atom is -0.497 e. The number of hydrogen-bond donors (Lipinski definition) is 2. The van der Waals surface area contributed by atoms with E-state index in [2.05, 4.69) is 24.2 Å². The van der Waals surface area contributed by atoms with Crippen molar-refractivity contribution in [1.82, 2.24) is 4.90 Å². The van der Waals surface area contributed by atoms with Crippen LogP contribution in [0.1, 0.15) is 25.3 Å². The van der Waals surface area contributed by atoms with Crippen molar-refractivity contribution in [3.05, 3.63) is 23.8 Å². The molecule has 4 nitrogen and oxygen atoms in total. The van der Waals surface area contributed by atoms with Crippen LogP contribution in [0, 0.1) is 0 Å². The Bertz CT molecular complexity index is 492. The van der Waals surface area contributed by atoms with Crippen LogP contribution in [0.3, 0.4) is 0 Å². The molecule has 0 aromatic heterocycles. The van der Waals surface area contributed by atoms with Gasteiger partial charge in [0.05, 0.1) is 7.11 Å². The van der Waals surface area contributed by atoms with E-state index in [1.165, 1.54) is 0 Å². The fourth-order valence-electron chi connectivity index (χ4n) is 2.63. The fraction of sp³-hybridized carbons (Fsp3) is 0.533. The van der Waals surface area contributed by atoms with Crippen molar-refractivity contribution < 1.29 is 4.74 Å². The van der Waals surface area contributed by atoms with Gasteiger partial charge in [-0.1, -0.05) is 12.2 Å². The average molecular weight is 293 g/mol. The van der Waals surface area contributed by atoms with Gasteiger partial charge in [0.25, 0.3) is 0 Å². The molecular formula is C15H23N3OS. The number of benzene rings is 1. The number of thiocarbonyl (C=S) groups is 1. The van der Waals surface area contributed by atoms with E-state index in [4.69, 9.17) is 22.7 Å². The van der Waals surface area contributed by atoms with Crippen LogP contribution in [0.2, 0.25) is 0 Å². The fourth-order valence-corrected chi connectivity index (χ4v) is 2.80. The highest BCUT2D eigenvalue weighted by Crippen LogP contribution is 2.26. The largest absolute Gasteiger partial charge is 0.497 e. The molecule has 0 spiro atoms. The van der Waals surface area contributed by atoms with Crippen LogP contribution in [0.5, 0.6) is 5.75 Å². The van der Waals surface area contributed by atoms with Gasteiger partial charge in [-0.3, -0.25) is 0 Å². The van der Waals surface area contributed by atoms with E-state index >= 15 is 0 Å². The predicted octanol–water partition coefficient (Wildman–Crippen LogP) is 2.22. The summed E-state index contributed by atoms with van der Waals surface area (Å²) in [6, 6.07) is 6.80. The van der Waals surface area contributed by atoms with Crippen LogP contribution < -0.4 is 15.8 Å². The highest BCUT2D eigenvalue weighted by molar-refractivity contribution is 7.80. The normalized spacial score (nSPS) is 23.4. The monoisotopic (exact) mass is 293 g/mol. The highest BCUT2D eigenvalue weighted by Gasteiger charge is 2.23. The van der Waals surface area contributed by atoms with Crippen molar-refractivity contribution in [2.24, 2.45) is 5.73 Å². The van der Waals surface area contributed by atoms with Gasteiger partial charge in [-0.05, 0) is 38.9 Å². The molecule has 0 radical (unpaired) electrons. The maximum absolute atomic E-state index is 5.80. The average Bonchev–Trinajstić information content (AvgIpc) is 2.42. The first-order valence-corrected chi connectivity index (χ1v) is 7.36. The second-order valence-corrected chi connectivity index (χ2v) is 5.91. The van der Waals surface area contributed by atoms with E-state index in [9.17, 15) is 0 Å². The van der Waals surface area contributed by atoms with E-state index in [0.29, 0.717) is 17.1 Å². The number of nitrogens with zero attached hydrogens (tertiary/aromatic N) is 1. The molecule has 0 bridgehead atoms. The van der Waals surface area contributed by atoms with E-state index < -0.39 is 0 Å². The van der Waals surface area contributed by atoms with E-state index in [1.54, 1.807) is 7.11 Å². The molecule has 2 unspecified atom stereocenters. The Morgan fingerprint density at radius 1 is 1.50 bits per heavy atom. The lowest BCUT2D eigenvalue weighted by atomic mass is 9.98. The minimum atomic E-state index is 0.413. The van der Waals surface area contributed by atoms with Crippen LogP contribution in [0.15, 0.2) is 18.2 Å². The molecule has 1 aliphatic rings. The summed E-state index contributed by atoms with van der Waals surface area (Å²) in [7, 11) is 3.84. The van der Waals surface area contributed by atoms with Gasteiger partial charge in [0.1, 0.15) is 10.7 Å². The third kappa shape index (κ3) is 3.41. The van der Waals surface area contributed by atoms with Gasteiger partial charge >= 0.3 is 0 Å². The van der Waals surface area contributed by atoms with Crippen molar-refractivity contribution in [2.75, 3.05) is 26.0 Å². The number of likely N-dealkylation sites (tertiary alicyclic amines) is 1. The first kappa shape index (κ1) is 15.1. The third-order valence-electron chi connectivity index (χ3n) is 4.06. The summed E-state index contributed by atoms with van der Waals surface area (Å²) in [5.74, 6) is 0.813. The summed E-state index contributed by atoms with van der Waals surface area (Å²) in [5, 5.41) is 3.58. The molecule has 0 aliphatic carbocycles. The van der Waals surface area contributed by atoms with E-state index in [-0.39, 0.29) is 0 Å². The zero-order chi connectivity index (χ0) is 14.7. The summed E-state index contributed by atoms with van der Waals surface area (Å²) < 4.78 is 5.28. The van der Waals surface area contributed by atoms with Crippen LogP contribution in [-0.4, -0.2) is 42.7 Å². The first-order valence-electron chi connectivity index (χ1n) is 6.96. The molecule has 1 aliphatic heterocycles. The molecule has 110 valence electrons. The molecule has 0 saturated carbocycles. The van der Waals surface area contributed by atoms with Crippen molar-refractivity contribution in [1.29, 1.82) is 0 Å². The summed E-state index contributed by atoms with van der Waals surface area (Å²) in [6.07, 6.45) is 2.24. The molecule has 1 aromatic rings. The molecule has 0 amide bonds. The molecule has 1 heterocycles. The lowest BCUT2D eigenvalue weighted by Crippen LogP contribution is -2.42. The summed E-state index contributed by atoms with van der Waals surface area (Å²) >= 11 is 5.13. The maximum atomic E-state index is 5.80. The Hall–Kier alpha value is -1.33. The number of nitrogens with two attached hydrogens (primary N) is 1. The summed E-state index contributed by atoms with van der Waals surface area (Å²) in [6.45, 7) is 3.36. The van der Waals surface area contributed by atoms with Crippen molar-refractivity contribution in [2.45, 2.75) is 31.8 Å². The Kier molecular flexibility index (Phi) is 4.83. The van der Waals surface area contributed by atoms with Crippen molar-refractivity contribution >= 4 is 22.9 Å². The smallest absolute Gasteiger partial charge is 0.120 e. The molecule has 1 fully saturated rings. The molecule has 1 aromatic carbocycles. The van der Waals surface area contributed by atoms with Gasteiger partial charge in [-0.2, -0.15) is 0 Å². The lowest BCUT2D eigenvalue weighted by molar-refractivity contribution is 0.190. The highest BCUT2D eigenvalue weighted by atomic mass is 32.1. The summed E-state index contributed by atoms with van der Waals surface area (Å²) in [5.41, 5.74) is 7.66. The molecule has 2 atom stereocenters. The van der Waals surface area contributed by atoms with Gasteiger partial charge in [-0.15, -0.1) is 0 Å². The summed E-state index contributed by atoms with van der Waals surface area (Å²) in [4.78, 5) is 2.80. The Morgan fingerprint density at radius 3 is 2.85 bits per heavy atom. The zero-order valence-corrected chi connectivity index (χ0v) is 13.2. The van der Waals surface area contributed by atoms with Gasteiger partial charge < -0.3 is 20.7 Å². The standard InChI is InChI=1S/C15H23N3OS/c1-10-8-11(6-7-18(10)2)17-14-9-12(19-3)4-5-13(14)15(16)20/h4-5,9-11,17H,6-8H2,1-3H3,(H2,16,20). The second-order valence-electron chi connectivity index (χ2n) is 5.47. The molecule has 1 saturated heterocycles. The Balaban J connectivity index is 2.17. The van der Waals surface area contributed by atoms with Crippen LogP contribution in [0.4, 0.5) is 5.69 Å². The maximum Gasteiger partial charge on any atom is 0.120 e. The Labute approximate surface area is 126 Å². The van der Waals surface area contributed by atoms with Crippen molar-refractivity contribution in [3.63, 3.8) is 0 Å². The van der Waals surface area contributed by atoms with Gasteiger partial charge in [-0.25, -0.2) is 0 Å². The number of piperidine rings is 1. The third-order valence-corrected chi connectivity index (χ3v) is 4.28. The van der Waals surface area contributed by atoms with E-state index in [1.807, 2.05) is 18.2 Å². The number of anilines is 1. The molecule has 2 rings (SSSR count). The zero-order valence-electron chi connectivity index (χ0n) is 12.3. The quantitative estimate of drug-likeness (QED) is 0.834. The number of nitrogens with one attached hydrogen (secondary N) is 1. The molecule has 3 N–H and O–H groups in total. The van der Waals surface area contributed by atoms with Crippen LogP contribution in [0.25, 0.3) is 0 Å².